The van der Waals surface area contributed by atoms with Gasteiger partial charge in [-0.2, -0.15) is 18.7 Å². The monoisotopic (exact) mass is 449 g/mol. The summed E-state index contributed by atoms with van der Waals surface area (Å²) in [6, 6.07) is 9.39. The summed E-state index contributed by atoms with van der Waals surface area (Å²) in [6.45, 7) is 7.31. The zero-order valence-electron chi connectivity index (χ0n) is 18.3. The predicted molar refractivity (Wildman–Crippen MR) is 117 cm³/mol. The van der Waals surface area contributed by atoms with Crippen molar-refractivity contribution in [2.24, 2.45) is 5.16 Å². The summed E-state index contributed by atoms with van der Waals surface area (Å²) in [5, 5.41) is 6.57. The molecular weight excluding hydrogens is 423 g/mol. The number of benzene rings is 2. The van der Waals surface area contributed by atoms with Crippen molar-refractivity contribution in [3.05, 3.63) is 76.9 Å². The van der Waals surface area contributed by atoms with Crippen LogP contribution in [0.4, 0.5) is 13.2 Å². The number of halogens is 3. The first-order chi connectivity index (χ1) is 15.1. The van der Waals surface area contributed by atoms with Gasteiger partial charge in [0.15, 0.2) is 0 Å². The van der Waals surface area contributed by atoms with E-state index in [1.807, 2.05) is 13.0 Å². The van der Waals surface area contributed by atoms with Crippen LogP contribution >= 0.6 is 0 Å². The number of likely N-dealkylation sites (N-methyl/N-ethyl adjacent to an activating group) is 1. The van der Waals surface area contributed by atoms with E-state index < -0.39 is 17.8 Å². The van der Waals surface area contributed by atoms with E-state index in [1.54, 1.807) is 19.1 Å². The van der Waals surface area contributed by atoms with Crippen LogP contribution in [0, 0.1) is 0 Å². The lowest BCUT2D eigenvalue weighted by Gasteiger charge is -2.21. The number of hydroxylamine groups is 1. The number of hydrogen-bond acceptors (Lipinski definition) is 5. The molecule has 0 bridgehead atoms. The zero-order chi connectivity index (χ0) is 23.9. The Morgan fingerprint density at radius 3 is 2.47 bits per heavy atom. The Balaban J connectivity index is 2.36. The van der Waals surface area contributed by atoms with E-state index in [1.165, 1.54) is 26.3 Å². The summed E-state index contributed by atoms with van der Waals surface area (Å²) < 4.78 is 38.9. The maximum atomic E-state index is 13.0. The Labute approximate surface area is 185 Å². The molecule has 0 fully saturated rings. The Morgan fingerprint density at radius 2 is 1.88 bits per heavy atom. The molecule has 1 unspecified atom stereocenters. The molecule has 0 aliphatic rings. The third kappa shape index (κ3) is 6.18. The second kappa shape index (κ2) is 10.9. The Hall–Kier alpha value is -3.17. The van der Waals surface area contributed by atoms with E-state index in [9.17, 15) is 18.0 Å². The van der Waals surface area contributed by atoms with Gasteiger partial charge < -0.3 is 15.0 Å². The fourth-order valence-corrected chi connectivity index (χ4v) is 3.12. The molecule has 0 saturated heterocycles. The first-order valence-electron chi connectivity index (χ1n) is 9.72. The zero-order valence-corrected chi connectivity index (χ0v) is 18.3. The molecule has 2 rings (SSSR count). The lowest BCUT2D eigenvalue weighted by Crippen LogP contribution is -2.36. The number of alkyl halides is 3. The number of nitrogens with one attached hydrogen (secondary N) is 2. The lowest BCUT2D eigenvalue weighted by atomic mass is 9.93. The molecule has 2 N–H and O–H groups in total. The average molecular weight is 449 g/mol. The van der Waals surface area contributed by atoms with Crippen molar-refractivity contribution in [1.82, 2.24) is 10.8 Å². The number of oxime groups is 1. The van der Waals surface area contributed by atoms with Gasteiger partial charge in [0.05, 0.1) is 18.4 Å². The molecule has 9 heteroatoms. The van der Waals surface area contributed by atoms with Crippen LogP contribution < -0.4 is 10.8 Å². The van der Waals surface area contributed by atoms with Crippen LogP contribution in [0.25, 0.3) is 5.57 Å². The van der Waals surface area contributed by atoms with Crippen LogP contribution in [-0.2, 0) is 27.3 Å². The molecule has 0 radical (unpaired) electrons. The molecule has 32 heavy (non-hydrogen) atoms. The van der Waals surface area contributed by atoms with Crippen LogP contribution in [0.2, 0.25) is 0 Å². The maximum Gasteiger partial charge on any atom is 0.416 e. The standard InChI is InChI=1S/C23H26F3N3O3/c1-14(2)18-10-7-11-19(21(29-31-5)22(30)27-4)20(18)13-32-28-15(3)16-8-6-9-17(12-16)23(24,25)26/h6-12,21,29H,1,13H2,2-5H3,(H,27,30)/b28-15+. The van der Waals surface area contributed by atoms with Crippen molar-refractivity contribution in [3.63, 3.8) is 0 Å². The molecule has 0 saturated carbocycles. The van der Waals surface area contributed by atoms with Gasteiger partial charge in [0.2, 0.25) is 5.91 Å². The molecule has 6 nitrogen and oxygen atoms in total. The molecule has 0 aromatic heterocycles. The van der Waals surface area contributed by atoms with Crippen molar-refractivity contribution in [2.75, 3.05) is 14.2 Å². The molecular formula is C23H26F3N3O3. The predicted octanol–water partition coefficient (Wildman–Crippen LogP) is 4.62. The van der Waals surface area contributed by atoms with Crippen molar-refractivity contribution >= 4 is 17.2 Å². The van der Waals surface area contributed by atoms with Crippen LogP contribution in [0.3, 0.4) is 0 Å². The third-order valence-corrected chi connectivity index (χ3v) is 4.75. The van der Waals surface area contributed by atoms with Crippen LogP contribution in [0.15, 0.2) is 54.2 Å². The fourth-order valence-electron chi connectivity index (χ4n) is 3.12. The molecule has 2 aromatic rings. The molecule has 172 valence electrons. The maximum absolute atomic E-state index is 13.0. The minimum Gasteiger partial charge on any atom is -0.391 e. The highest BCUT2D eigenvalue weighted by atomic mass is 19.4. The van der Waals surface area contributed by atoms with Crippen LogP contribution in [0.5, 0.6) is 0 Å². The smallest absolute Gasteiger partial charge is 0.391 e. The van der Waals surface area contributed by atoms with Crippen molar-refractivity contribution < 1.29 is 27.6 Å². The van der Waals surface area contributed by atoms with E-state index in [2.05, 4.69) is 22.5 Å². The molecule has 1 atom stereocenters. The highest BCUT2D eigenvalue weighted by Crippen LogP contribution is 2.30. The number of rotatable bonds is 9. The number of carbonyl (C=O) groups is 1. The molecule has 0 heterocycles. The van der Waals surface area contributed by atoms with Gasteiger partial charge in [-0.05, 0) is 42.7 Å². The largest absolute Gasteiger partial charge is 0.416 e. The topological polar surface area (TPSA) is 72.0 Å². The van der Waals surface area contributed by atoms with Crippen LogP contribution in [-0.4, -0.2) is 25.8 Å². The van der Waals surface area contributed by atoms with Crippen molar-refractivity contribution in [3.8, 4) is 0 Å². The first-order valence-corrected chi connectivity index (χ1v) is 9.72. The minimum atomic E-state index is -4.45. The summed E-state index contributed by atoms with van der Waals surface area (Å²) in [6.07, 6.45) is -4.45. The lowest BCUT2D eigenvalue weighted by molar-refractivity contribution is -0.137. The van der Waals surface area contributed by atoms with E-state index in [-0.39, 0.29) is 23.8 Å². The van der Waals surface area contributed by atoms with Gasteiger partial charge >= 0.3 is 6.18 Å². The summed E-state index contributed by atoms with van der Waals surface area (Å²) in [5.74, 6) is -0.324. The summed E-state index contributed by atoms with van der Waals surface area (Å²) in [7, 11) is 2.91. The summed E-state index contributed by atoms with van der Waals surface area (Å²) >= 11 is 0. The molecule has 0 spiro atoms. The van der Waals surface area contributed by atoms with Gasteiger partial charge in [0, 0.05) is 12.6 Å². The van der Waals surface area contributed by atoms with Crippen molar-refractivity contribution in [1.29, 1.82) is 0 Å². The number of allylic oxidation sites excluding steroid dienone is 1. The number of amides is 1. The molecule has 1 amide bonds. The van der Waals surface area contributed by atoms with Gasteiger partial charge in [0.1, 0.15) is 12.6 Å². The van der Waals surface area contributed by atoms with E-state index in [0.29, 0.717) is 11.1 Å². The van der Waals surface area contributed by atoms with Gasteiger partial charge in [-0.1, -0.05) is 47.6 Å². The first kappa shape index (κ1) is 25.1. The van der Waals surface area contributed by atoms with Gasteiger partial charge in [-0.3, -0.25) is 4.79 Å². The fraction of sp³-hybridized carbons (Fsp3) is 0.304. The second-order valence-corrected chi connectivity index (χ2v) is 7.05. The number of carbonyl (C=O) groups excluding carboxylic acids is 1. The number of nitrogens with zero attached hydrogens (tertiary/aromatic N) is 1. The summed E-state index contributed by atoms with van der Waals surface area (Å²) in [5.41, 5.74) is 5.23. The minimum absolute atomic E-state index is 0.0342. The second-order valence-electron chi connectivity index (χ2n) is 7.05. The SMILES string of the molecule is C=C(C)c1cccc(C(NOC)C(=O)NC)c1CO/N=C(\C)c1cccc(C(F)(F)F)c1. The molecule has 2 aromatic carbocycles. The van der Waals surface area contributed by atoms with Gasteiger partial charge in [0.25, 0.3) is 0 Å². The number of hydrogen-bond donors (Lipinski definition) is 2. The Kier molecular flexibility index (Phi) is 8.56. The normalized spacial score (nSPS) is 12.9. The highest BCUT2D eigenvalue weighted by molar-refractivity contribution is 5.98. The Bertz CT molecular complexity index is 1000. The van der Waals surface area contributed by atoms with Crippen molar-refractivity contribution in [2.45, 2.75) is 32.7 Å². The van der Waals surface area contributed by atoms with E-state index in [0.717, 1.165) is 23.3 Å². The summed E-state index contributed by atoms with van der Waals surface area (Å²) in [4.78, 5) is 22.9. The van der Waals surface area contributed by atoms with Crippen LogP contribution in [0.1, 0.15) is 47.7 Å². The highest BCUT2D eigenvalue weighted by Gasteiger charge is 2.30. The third-order valence-electron chi connectivity index (χ3n) is 4.75. The average Bonchev–Trinajstić information content (AvgIpc) is 2.76. The van der Waals surface area contributed by atoms with E-state index in [4.69, 9.17) is 9.68 Å². The Morgan fingerprint density at radius 1 is 1.19 bits per heavy atom. The van der Waals surface area contributed by atoms with Gasteiger partial charge in [-0.25, -0.2) is 0 Å². The van der Waals surface area contributed by atoms with Gasteiger partial charge in [-0.15, -0.1) is 0 Å². The quantitative estimate of drug-likeness (QED) is 0.433. The molecule has 0 aliphatic carbocycles. The molecule has 0 aliphatic heterocycles. The van der Waals surface area contributed by atoms with E-state index >= 15 is 0 Å².